The van der Waals surface area contributed by atoms with Crippen LogP contribution in [-0.2, 0) is 10.0 Å². The average Bonchev–Trinajstić information content (AvgIpc) is 2.82. The monoisotopic (exact) mass is 476 g/mol. The molecule has 0 amide bonds. The first-order chi connectivity index (χ1) is 16.2. The van der Waals surface area contributed by atoms with Crippen LogP contribution in [0.2, 0.25) is 0 Å². The molecule has 7 nitrogen and oxygen atoms in total. The number of aryl methyl sites for hydroxylation is 1. The molecule has 1 saturated heterocycles. The van der Waals surface area contributed by atoms with Crippen molar-refractivity contribution in [2.24, 2.45) is 5.92 Å². The van der Waals surface area contributed by atoms with E-state index in [9.17, 15) is 23.3 Å². The standard InChI is InChI=1S/C26H24N2O5S/c1-3-23-24(17-25(29)19-7-5-4-6-8-19)27(34(32,33)22-15-9-18(2)10-16-22)26(23)20-11-13-21(14-12-20)28(30)31/h4-17,23,26H,3H2,1-2H3/b24-17+/t23-,26+/m0/s1. The predicted molar refractivity (Wildman–Crippen MR) is 129 cm³/mol. The lowest BCUT2D eigenvalue weighted by atomic mass is 9.80. The lowest BCUT2D eigenvalue weighted by molar-refractivity contribution is -0.384. The van der Waals surface area contributed by atoms with E-state index in [0.29, 0.717) is 23.2 Å². The zero-order valence-electron chi connectivity index (χ0n) is 18.8. The first-order valence-electron chi connectivity index (χ1n) is 10.9. The van der Waals surface area contributed by atoms with Crippen molar-refractivity contribution in [1.29, 1.82) is 0 Å². The van der Waals surface area contributed by atoms with Gasteiger partial charge in [0.1, 0.15) is 0 Å². The number of rotatable bonds is 7. The summed E-state index contributed by atoms with van der Waals surface area (Å²) in [5.74, 6) is -0.519. The fraction of sp³-hybridized carbons (Fsp3) is 0.192. The summed E-state index contributed by atoms with van der Waals surface area (Å²) in [6, 6.07) is 20.6. The van der Waals surface area contributed by atoms with E-state index >= 15 is 0 Å². The molecule has 1 heterocycles. The minimum Gasteiger partial charge on any atom is -0.289 e. The van der Waals surface area contributed by atoms with Gasteiger partial charge >= 0.3 is 0 Å². The van der Waals surface area contributed by atoms with Gasteiger partial charge in [0.2, 0.25) is 0 Å². The number of sulfonamides is 1. The van der Waals surface area contributed by atoms with Gasteiger partial charge < -0.3 is 0 Å². The Bertz CT molecular complexity index is 1350. The highest BCUT2D eigenvalue weighted by molar-refractivity contribution is 7.89. The lowest BCUT2D eigenvalue weighted by Crippen LogP contribution is -2.50. The van der Waals surface area contributed by atoms with Crippen LogP contribution in [-0.4, -0.2) is 23.4 Å². The van der Waals surface area contributed by atoms with Gasteiger partial charge in [-0.15, -0.1) is 0 Å². The van der Waals surface area contributed by atoms with Crippen molar-refractivity contribution in [3.63, 3.8) is 0 Å². The van der Waals surface area contributed by atoms with Crippen molar-refractivity contribution < 1.29 is 18.1 Å². The van der Waals surface area contributed by atoms with Gasteiger partial charge in [0, 0.05) is 35.4 Å². The molecule has 3 aromatic carbocycles. The number of benzene rings is 3. The fourth-order valence-corrected chi connectivity index (χ4v) is 6.00. The van der Waals surface area contributed by atoms with E-state index in [1.54, 1.807) is 66.7 Å². The van der Waals surface area contributed by atoms with E-state index in [-0.39, 0.29) is 22.3 Å². The Balaban J connectivity index is 1.81. The molecule has 1 aliphatic heterocycles. The van der Waals surface area contributed by atoms with Crippen LogP contribution in [0.4, 0.5) is 5.69 Å². The van der Waals surface area contributed by atoms with Gasteiger partial charge in [0.25, 0.3) is 15.7 Å². The smallest absolute Gasteiger partial charge is 0.269 e. The quantitative estimate of drug-likeness (QED) is 0.196. The third-order valence-corrected chi connectivity index (χ3v) is 7.89. The summed E-state index contributed by atoms with van der Waals surface area (Å²) in [5.41, 5.74) is 2.38. The Kier molecular flexibility index (Phi) is 6.34. The summed E-state index contributed by atoms with van der Waals surface area (Å²) in [6.07, 6.45) is 1.99. The minimum atomic E-state index is -3.98. The van der Waals surface area contributed by atoms with E-state index < -0.39 is 21.0 Å². The van der Waals surface area contributed by atoms with Crippen LogP contribution in [0.15, 0.2) is 95.5 Å². The van der Waals surface area contributed by atoms with Gasteiger partial charge in [-0.05, 0) is 31.0 Å². The van der Waals surface area contributed by atoms with Crippen LogP contribution in [0.25, 0.3) is 0 Å². The molecule has 0 unspecified atom stereocenters. The number of nitro groups is 1. The van der Waals surface area contributed by atoms with Crippen LogP contribution in [0.3, 0.4) is 0 Å². The van der Waals surface area contributed by atoms with Gasteiger partial charge in [-0.3, -0.25) is 19.2 Å². The maximum Gasteiger partial charge on any atom is 0.269 e. The number of allylic oxidation sites excluding steroid dienone is 1. The van der Waals surface area contributed by atoms with E-state index in [4.69, 9.17) is 0 Å². The molecular formula is C26H24N2O5S. The normalized spacial score (nSPS) is 19.0. The first kappa shape index (κ1) is 23.4. The molecule has 174 valence electrons. The molecule has 1 fully saturated rings. The maximum absolute atomic E-state index is 13.7. The van der Waals surface area contributed by atoms with E-state index in [1.807, 2.05) is 13.8 Å². The molecular weight excluding hydrogens is 452 g/mol. The molecule has 0 N–H and O–H groups in total. The highest BCUT2D eigenvalue weighted by atomic mass is 32.2. The number of nitrogens with zero attached hydrogens (tertiary/aromatic N) is 2. The summed E-state index contributed by atoms with van der Waals surface area (Å²) >= 11 is 0. The summed E-state index contributed by atoms with van der Waals surface area (Å²) in [7, 11) is -3.98. The van der Waals surface area contributed by atoms with Gasteiger partial charge in [-0.2, -0.15) is 0 Å². The zero-order chi connectivity index (χ0) is 24.5. The third-order valence-electron chi connectivity index (χ3n) is 6.07. The molecule has 0 saturated carbocycles. The van der Waals surface area contributed by atoms with Crippen molar-refractivity contribution in [3.05, 3.63) is 117 Å². The average molecular weight is 477 g/mol. The molecule has 0 spiro atoms. The number of nitro benzene ring substituents is 1. The molecule has 8 heteroatoms. The van der Waals surface area contributed by atoms with Crippen molar-refractivity contribution in [2.45, 2.75) is 31.2 Å². The van der Waals surface area contributed by atoms with Crippen LogP contribution < -0.4 is 0 Å². The molecule has 3 aromatic rings. The van der Waals surface area contributed by atoms with Crippen LogP contribution >= 0.6 is 0 Å². The fourth-order valence-electron chi connectivity index (χ4n) is 4.26. The third kappa shape index (κ3) is 4.24. The Hall–Kier alpha value is -3.78. The number of ketones is 1. The second kappa shape index (κ2) is 9.23. The molecule has 0 bridgehead atoms. The Labute approximate surface area is 198 Å². The molecule has 4 rings (SSSR count). The summed E-state index contributed by atoms with van der Waals surface area (Å²) in [4.78, 5) is 23.7. The summed E-state index contributed by atoms with van der Waals surface area (Å²) < 4.78 is 28.8. The van der Waals surface area contributed by atoms with Crippen molar-refractivity contribution in [2.75, 3.05) is 0 Å². The molecule has 0 aromatic heterocycles. The predicted octanol–water partition coefficient (Wildman–Crippen LogP) is 5.44. The summed E-state index contributed by atoms with van der Waals surface area (Å²) in [6.45, 7) is 3.80. The number of carbonyl (C=O) groups is 1. The molecule has 0 aliphatic carbocycles. The van der Waals surface area contributed by atoms with Crippen LogP contribution in [0.1, 0.15) is 40.9 Å². The van der Waals surface area contributed by atoms with Gasteiger partial charge in [0.05, 0.1) is 15.9 Å². The van der Waals surface area contributed by atoms with Crippen molar-refractivity contribution in [1.82, 2.24) is 4.31 Å². The van der Waals surface area contributed by atoms with Crippen molar-refractivity contribution in [3.8, 4) is 0 Å². The Morgan fingerprint density at radius 1 is 1.00 bits per heavy atom. The van der Waals surface area contributed by atoms with E-state index in [2.05, 4.69) is 0 Å². The molecule has 2 atom stereocenters. The number of non-ortho nitro benzene ring substituents is 1. The lowest BCUT2D eigenvalue weighted by Gasteiger charge is -2.50. The second-order valence-electron chi connectivity index (χ2n) is 8.22. The highest BCUT2D eigenvalue weighted by Crippen LogP contribution is 2.52. The maximum atomic E-state index is 13.7. The number of hydrogen-bond acceptors (Lipinski definition) is 5. The molecule has 0 radical (unpaired) electrons. The van der Waals surface area contributed by atoms with E-state index in [1.165, 1.54) is 22.5 Å². The van der Waals surface area contributed by atoms with Crippen LogP contribution in [0, 0.1) is 23.0 Å². The number of carbonyl (C=O) groups excluding carboxylic acids is 1. The topological polar surface area (TPSA) is 97.6 Å². The van der Waals surface area contributed by atoms with Gasteiger partial charge in [-0.1, -0.05) is 67.1 Å². The first-order valence-corrected chi connectivity index (χ1v) is 12.3. The Morgan fingerprint density at radius 3 is 2.18 bits per heavy atom. The minimum absolute atomic E-state index is 0.0703. The second-order valence-corrected chi connectivity index (χ2v) is 10.0. The SMILES string of the molecule is CC[C@H]1/C(=C\C(=O)c2ccccc2)N(S(=O)(=O)c2ccc(C)cc2)[C@@H]1c1ccc([N+](=O)[O-])cc1. The largest absolute Gasteiger partial charge is 0.289 e. The number of hydrogen-bond donors (Lipinski definition) is 0. The zero-order valence-corrected chi connectivity index (χ0v) is 19.6. The van der Waals surface area contributed by atoms with Crippen molar-refractivity contribution >= 4 is 21.5 Å². The summed E-state index contributed by atoms with van der Waals surface area (Å²) in [5, 5.41) is 11.1. The van der Waals surface area contributed by atoms with Gasteiger partial charge in [-0.25, -0.2) is 8.42 Å². The highest BCUT2D eigenvalue weighted by Gasteiger charge is 2.50. The molecule has 1 aliphatic rings. The van der Waals surface area contributed by atoms with Crippen LogP contribution in [0.5, 0.6) is 0 Å². The van der Waals surface area contributed by atoms with Gasteiger partial charge in [0.15, 0.2) is 5.78 Å². The Morgan fingerprint density at radius 2 is 1.62 bits per heavy atom. The van der Waals surface area contributed by atoms with E-state index in [0.717, 1.165) is 5.56 Å². The molecule has 34 heavy (non-hydrogen) atoms.